The van der Waals surface area contributed by atoms with Crippen LogP contribution in [0.3, 0.4) is 0 Å². The topological polar surface area (TPSA) is 40.6 Å². The van der Waals surface area contributed by atoms with Gasteiger partial charge in [-0.1, -0.05) is 0 Å². The summed E-state index contributed by atoms with van der Waals surface area (Å²) >= 11 is 5.90. The first-order valence-electron chi connectivity index (χ1n) is 8.02. The first kappa shape index (κ1) is 18.4. The van der Waals surface area contributed by atoms with Crippen molar-refractivity contribution in [1.82, 2.24) is 9.80 Å². The van der Waals surface area contributed by atoms with Crippen molar-refractivity contribution in [2.45, 2.75) is 56.6 Å². The number of hydrogen-bond donors (Lipinski definition) is 0. The van der Waals surface area contributed by atoms with Crippen LogP contribution < -0.4 is 0 Å². The summed E-state index contributed by atoms with van der Waals surface area (Å²) in [5, 5.41) is -0.646. The summed E-state index contributed by atoms with van der Waals surface area (Å²) in [4.78, 5) is 26.3. The van der Waals surface area contributed by atoms with Crippen molar-refractivity contribution in [1.29, 1.82) is 0 Å². The zero-order chi connectivity index (χ0) is 17.2. The Morgan fingerprint density at radius 2 is 1.83 bits per heavy atom. The summed E-state index contributed by atoms with van der Waals surface area (Å²) in [6.07, 6.45) is -1.00. The van der Waals surface area contributed by atoms with Gasteiger partial charge in [0.1, 0.15) is 5.38 Å². The van der Waals surface area contributed by atoms with Crippen molar-refractivity contribution in [2.24, 2.45) is 5.92 Å². The van der Waals surface area contributed by atoms with Crippen molar-refractivity contribution in [3.8, 4) is 0 Å². The van der Waals surface area contributed by atoms with Gasteiger partial charge in [0.15, 0.2) is 0 Å². The summed E-state index contributed by atoms with van der Waals surface area (Å²) in [7, 11) is 0. The van der Waals surface area contributed by atoms with Gasteiger partial charge in [-0.2, -0.15) is 13.2 Å². The fourth-order valence-corrected chi connectivity index (χ4v) is 3.76. The molecule has 8 heteroatoms. The predicted octanol–water partition coefficient (Wildman–Crippen LogP) is 2.80. The van der Waals surface area contributed by atoms with E-state index in [-0.39, 0.29) is 31.0 Å². The minimum atomic E-state index is -4.84. The second-order valence-corrected chi connectivity index (χ2v) is 7.02. The lowest BCUT2D eigenvalue weighted by molar-refractivity contribution is -0.187. The molecule has 0 radical (unpaired) electrons. The average Bonchev–Trinajstić information content (AvgIpc) is 2.52. The normalized spacial score (nSPS) is 27.7. The molecule has 2 rings (SSSR count). The molecule has 3 atom stereocenters. The van der Waals surface area contributed by atoms with Crippen LogP contribution in [0.2, 0.25) is 0 Å². The molecule has 2 amide bonds. The van der Waals surface area contributed by atoms with Gasteiger partial charge >= 0.3 is 12.1 Å². The molecule has 2 aliphatic rings. The van der Waals surface area contributed by atoms with E-state index >= 15 is 0 Å². The van der Waals surface area contributed by atoms with Gasteiger partial charge in [0.05, 0.1) is 0 Å². The standard InChI is InChI=1S/C15H22ClF3N2O2/c1-10(16)13(22)21-8-3-2-6-12(21)11-5-4-7-20(9-11)14(23)15(17,18)19/h10-12H,2-9H2,1H3. The Morgan fingerprint density at radius 1 is 1.13 bits per heavy atom. The number of alkyl halides is 4. The lowest BCUT2D eigenvalue weighted by atomic mass is 9.84. The van der Waals surface area contributed by atoms with E-state index in [1.807, 2.05) is 0 Å². The van der Waals surface area contributed by atoms with Crippen molar-refractivity contribution < 1.29 is 22.8 Å². The molecule has 0 spiro atoms. The first-order chi connectivity index (χ1) is 10.7. The molecule has 2 heterocycles. The molecule has 0 bridgehead atoms. The number of halogens is 4. The fraction of sp³-hybridized carbons (Fsp3) is 0.867. The highest BCUT2D eigenvalue weighted by molar-refractivity contribution is 6.30. The van der Waals surface area contributed by atoms with Crippen LogP contribution in [-0.4, -0.2) is 58.8 Å². The number of likely N-dealkylation sites (tertiary alicyclic amines) is 2. The highest BCUT2D eigenvalue weighted by atomic mass is 35.5. The Balaban J connectivity index is 2.09. The van der Waals surface area contributed by atoms with Crippen molar-refractivity contribution >= 4 is 23.4 Å². The zero-order valence-electron chi connectivity index (χ0n) is 13.1. The summed E-state index contributed by atoms with van der Waals surface area (Å²) in [5.74, 6) is -2.06. The van der Waals surface area contributed by atoms with Gasteiger partial charge in [-0.15, -0.1) is 11.6 Å². The van der Waals surface area contributed by atoms with E-state index in [2.05, 4.69) is 0 Å². The Kier molecular flexibility index (Phi) is 5.81. The third-order valence-electron chi connectivity index (χ3n) is 4.70. The van der Waals surface area contributed by atoms with Gasteiger partial charge in [-0.25, -0.2) is 0 Å². The number of amides is 2. The van der Waals surface area contributed by atoms with E-state index in [4.69, 9.17) is 11.6 Å². The molecular formula is C15H22ClF3N2O2. The second kappa shape index (κ2) is 7.28. The maximum atomic E-state index is 12.6. The fourth-order valence-electron chi connectivity index (χ4n) is 3.64. The summed E-state index contributed by atoms with van der Waals surface area (Å²) in [5.41, 5.74) is 0. The van der Waals surface area contributed by atoms with Crippen molar-refractivity contribution in [2.75, 3.05) is 19.6 Å². The maximum Gasteiger partial charge on any atom is 0.471 e. The maximum absolute atomic E-state index is 12.6. The number of carbonyl (C=O) groups excluding carboxylic acids is 2. The van der Waals surface area contributed by atoms with E-state index < -0.39 is 17.5 Å². The number of carbonyl (C=O) groups is 2. The average molecular weight is 355 g/mol. The zero-order valence-corrected chi connectivity index (χ0v) is 13.9. The molecule has 3 unspecified atom stereocenters. The number of hydrogen-bond acceptors (Lipinski definition) is 2. The van der Waals surface area contributed by atoms with Gasteiger partial charge < -0.3 is 9.80 Å². The minimum absolute atomic E-state index is 0.0590. The largest absolute Gasteiger partial charge is 0.471 e. The molecule has 0 saturated carbocycles. The van der Waals surface area contributed by atoms with E-state index in [1.54, 1.807) is 11.8 Å². The molecule has 2 saturated heterocycles. The van der Waals surface area contributed by atoms with Crippen LogP contribution in [0.4, 0.5) is 13.2 Å². The molecule has 132 valence electrons. The van der Waals surface area contributed by atoms with Crippen LogP contribution >= 0.6 is 11.6 Å². The smallest absolute Gasteiger partial charge is 0.338 e. The van der Waals surface area contributed by atoms with E-state index in [1.165, 1.54) is 0 Å². The third kappa shape index (κ3) is 4.31. The SMILES string of the molecule is CC(Cl)C(=O)N1CCCCC1C1CCCN(C(=O)C(F)(F)F)C1. The molecule has 2 fully saturated rings. The predicted molar refractivity (Wildman–Crippen MR) is 80.0 cm³/mol. The van der Waals surface area contributed by atoms with Crippen molar-refractivity contribution in [3.63, 3.8) is 0 Å². The monoisotopic (exact) mass is 354 g/mol. The summed E-state index contributed by atoms with van der Waals surface area (Å²) in [6.45, 7) is 2.38. The van der Waals surface area contributed by atoms with Gasteiger partial charge in [-0.3, -0.25) is 9.59 Å². The Hall–Kier alpha value is -0.980. The van der Waals surface area contributed by atoms with E-state index in [0.29, 0.717) is 13.0 Å². The lowest BCUT2D eigenvalue weighted by Gasteiger charge is -2.44. The van der Waals surface area contributed by atoms with E-state index in [0.717, 1.165) is 30.6 Å². The molecule has 0 aliphatic carbocycles. The highest BCUT2D eigenvalue weighted by Crippen LogP contribution is 2.32. The molecular weight excluding hydrogens is 333 g/mol. The van der Waals surface area contributed by atoms with Gasteiger partial charge in [-0.05, 0) is 44.9 Å². The highest BCUT2D eigenvalue weighted by Gasteiger charge is 2.45. The Labute approximate surface area is 138 Å². The van der Waals surface area contributed by atoms with Crippen LogP contribution in [0.15, 0.2) is 0 Å². The first-order valence-corrected chi connectivity index (χ1v) is 8.46. The molecule has 0 aromatic rings. The third-order valence-corrected chi connectivity index (χ3v) is 4.89. The van der Waals surface area contributed by atoms with Crippen molar-refractivity contribution in [3.05, 3.63) is 0 Å². The van der Waals surface area contributed by atoms with Crippen LogP contribution in [0.25, 0.3) is 0 Å². The summed E-state index contributed by atoms with van der Waals surface area (Å²) in [6, 6.07) is -0.124. The quantitative estimate of drug-likeness (QED) is 0.715. The minimum Gasteiger partial charge on any atom is -0.338 e. The van der Waals surface area contributed by atoms with Gasteiger partial charge in [0.25, 0.3) is 0 Å². The molecule has 0 aromatic carbocycles. The summed E-state index contributed by atoms with van der Waals surface area (Å²) < 4.78 is 37.9. The van der Waals surface area contributed by atoms with Crippen LogP contribution in [-0.2, 0) is 9.59 Å². The second-order valence-electron chi connectivity index (χ2n) is 6.36. The Morgan fingerprint density at radius 3 is 2.43 bits per heavy atom. The molecule has 2 aliphatic heterocycles. The van der Waals surface area contributed by atoms with Gasteiger partial charge in [0.2, 0.25) is 5.91 Å². The number of nitrogens with zero attached hydrogens (tertiary/aromatic N) is 2. The molecule has 0 aromatic heterocycles. The molecule has 4 nitrogen and oxygen atoms in total. The van der Waals surface area contributed by atoms with E-state index in [9.17, 15) is 22.8 Å². The van der Waals surface area contributed by atoms with Crippen LogP contribution in [0.5, 0.6) is 0 Å². The van der Waals surface area contributed by atoms with Gasteiger partial charge in [0, 0.05) is 25.7 Å². The van der Waals surface area contributed by atoms with Crippen LogP contribution in [0.1, 0.15) is 39.0 Å². The molecule has 23 heavy (non-hydrogen) atoms. The number of rotatable bonds is 2. The Bertz CT molecular complexity index is 456. The lowest BCUT2D eigenvalue weighted by Crippen LogP contribution is -2.55. The van der Waals surface area contributed by atoms with Crippen LogP contribution in [0, 0.1) is 5.92 Å². The number of piperidine rings is 2. The molecule has 0 N–H and O–H groups in total.